The number of likely N-dealkylation sites (N-methyl/N-ethyl adjacent to an activating group) is 1. The van der Waals surface area contributed by atoms with Gasteiger partial charge in [0.25, 0.3) is 0 Å². The Morgan fingerprint density at radius 3 is 2.38 bits per heavy atom. The van der Waals surface area contributed by atoms with Gasteiger partial charge in [0.15, 0.2) is 0 Å². The minimum absolute atomic E-state index is 0.0175. The number of aliphatic hydroxyl groups is 1. The van der Waals surface area contributed by atoms with Gasteiger partial charge in [0.2, 0.25) is 5.91 Å². The minimum Gasteiger partial charge on any atom is -0.395 e. The van der Waals surface area contributed by atoms with Crippen molar-refractivity contribution >= 4 is 22.4 Å². The molecule has 2 aromatic rings. The molecule has 0 bridgehead atoms. The quantitative estimate of drug-likeness (QED) is 0.296. The standard InChI is InChI=1S/C34H51N3O2/c1-9-25(7)26(8)20-29(19-23(3)4)34-33(24(5)6)30-21-28(11-12-31(30)35-34)27-13-15-36(16-14-27)22-32(39)37(10-2)17-18-38/h11-12,19-21,24,27,35,38H,9-10,13-18,22H2,1-8H3/b26-25+,29-20+. The lowest BCUT2D eigenvalue weighted by Gasteiger charge is -2.33. The second-order valence-electron chi connectivity index (χ2n) is 11.8. The van der Waals surface area contributed by atoms with E-state index in [2.05, 4.69) is 88.7 Å². The van der Waals surface area contributed by atoms with Gasteiger partial charge in [0.1, 0.15) is 0 Å². The lowest BCUT2D eigenvalue weighted by molar-refractivity contribution is -0.133. The summed E-state index contributed by atoms with van der Waals surface area (Å²) in [7, 11) is 0. The Balaban J connectivity index is 1.89. The number of piperidine rings is 1. The molecule has 0 saturated carbocycles. The highest BCUT2D eigenvalue weighted by atomic mass is 16.3. The zero-order valence-electron chi connectivity index (χ0n) is 25.7. The van der Waals surface area contributed by atoms with Crippen LogP contribution in [0, 0.1) is 0 Å². The molecule has 1 aromatic carbocycles. The van der Waals surface area contributed by atoms with E-state index in [1.54, 1.807) is 4.90 Å². The van der Waals surface area contributed by atoms with Gasteiger partial charge in [-0.2, -0.15) is 0 Å². The summed E-state index contributed by atoms with van der Waals surface area (Å²) in [5.41, 5.74) is 10.5. The van der Waals surface area contributed by atoms with E-state index in [1.807, 2.05) is 6.92 Å². The maximum atomic E-state index is 12.6. The molecule has 2 N–H and O–H groups in total. The molecule has 0 atom stereocenters. The molecule has 0 aliphatic carbocycles. The lowest BCUT2D eigenvalue weighted by Crippen LogP contribution is -2.44. The van der Waals surface area contributed by atoms with Crippen molar-refractivity contribution in [3.05, 3.63) is 63.9 Å². The summed E-state index contributed by atoms with van der Waals surface area (Å²) < 4.78 is 0. The van der Waals surface area contributed by atoms with Crippen molar-refractivity contribution in [2.45, 2.75) is 86.5 Å². The first-order valence-electron chi connectivity index (χ1n) is 14.9. The Labute approximate surface area is 236 Å². The van der Waals surface area contributed by atoms with E-state index in [1.165, 1.54) is 50.0 Å². The Morgan fingerprint density at radius 1 is 1.13 bits per heavy atom. The maximum absolute atomic E-state index is 12.6. The smallest absolute Gasteiger partial charge is 0.236 e. The van der Waals surface area contributed by atoms with E-state index >= 15 is 0 Å². The van der Waals surface area contributed by atoms with Crippen LogP contribution >= 0.6 is 0 Å². The van der Waals surface area contributed by atoms with Crippen LogP contribution in [-0.4, -0.2) is 65.1 Å². The van der Waals surface area contributed by atoms with Gasteiger partial charge in [0, 0.05) is 29.7 Å². The second kappa shape index (κ2) is 14.1. The molecule has 1 aromatic heterocycles. The zero-order valence-corrected chi connectivity index (χ0v) is 25.7. The molecule has 0 radical (unpaired) electrons. The zero-order chi connectivity index (χ0) is 28.7. The number of hydrogen-bond acceptors (Lipinski definition) is 3. The third-order valence-corrected chi connectivity index (χ3v) is 8.27. The van der Waals surface area contributed by atoms with Gasteiger partial charge in [-0.15, -0.1) is 0 Å². The average molecular weight is 534 g/mol. The van der Waals surface area contributed by atoms with Crippen molar-refractivity contribution in [2.75, 3.05) is 39.3 Å². The summed E-state index contributed by atoms with van der Waals surface area (Å²) >= 11 is 0. The molecule has 5 heteroatoms. The number of hydrogen-bond donors (Lipinski definition) is 2. The summed E-state index contributed by atoms with van der Waals surface area (Å²) in [6.07, 6.45) is 7.83. The van der Waals surface area contributed by atoms with Crippen molar-refractivity contribution in [1.82, 2.24) is 14.8 Å². The number of allylic oxidation sites excluding steroid dienone is 6. The fourth-order valence-electron chi connectivity index (χ4n) is 5.74. The van der Waals surface area contributed by atoms with Crippen molar-refractivity contribution in [3.63, 3.8) is 0 Å². The van der Waals surface area contributed by atoms with Gasteiger partial charge in [-0.05, 0) is 108 Å². The Bertz CT molecular complexity index is 1220. The van der Waals surface area contributed by atoms with E-state index in [9.17, 15) is 9.90 Å². The Hall–Kier alpha value is -2.63. The largest absolute Gasteiger partial charge is 0.395 e. The van der Waals surface area contributed by atoms with Crippen LogP contribution in [-0.2, 0) is 4.79 Å². The van der Waals surface area contributed by atoms with Crippen LogP contribution in [0.15, 0.2) is 47.1 Å². The third-order valence-electron chi connectivity index (χ3n) is 8.27. The third kappa shape index (κ3) is 7.73. The molecule has 1 fully saturated rings. The van der Waals surface area contributed by atoms with Crippen molar-refractivity contribution in [2.24, 2.45) is 0 Å². The SMILES string of the molecule is CC/C(C)=C(C)/C=C(\C=C(C)C)c1[nH]c2ccc(C3CCN(CC(=O)N(CC)CCO)CC3)cc2c1C(C)C. The molecule has 0 spiro atoms. The van der Waals surface area contributed by atoms with E-state index in [0.717, 1.165) is 32.4 Å². The fourth-order valence-corrected chi connectivity index (χ4v) is 5.74. The van der Waals surface area contributed by atoms with E-state index in [-0.39, 0.29) is 12.5 Å². The molecule has 0 unspecified atom stereocenters. The average Bonchev–Trinajstić information content (AvgIpc) is 3.30. The monoisotopic (exact) mass is 533 g/mol. The van der Waals surface area contributed by atoms with E-state index in [4.69, 9.17) is 0 Å². The molecule has 1 aliphatic rings. The number of carbonyl (C=O) groups excluding carboxylic acids is 1. The van der Waals surface area contributed by atoms with Crippen LogP contribution in [0.3, 0.4) is 0 Å². The number of nitrogens with zero attached hydrogens (tertiary/aromatic N) is 2. The molecule has 1 saturated heterocycles. The number of H-pyrrole nitrogens is 1. The van der Waals surface area contributed by atoms with Crippen molar-refractivity contribution < 1.29 is 9.90 Å². The summed E-state index contributed by atoms with van der Waals surface area (Å²) in [4.78, 5) is 20.4. The van der Waals surface area contributed by atoms with Crippen LogP contribution in [0.4, 0.5) is 0 Å². The van der Waals surface area contributed by atoms with Gasteiger partial charge in [-0.1, -0.05) is 55.7 Å². The molecule has 1 aliphatic heterocycles. The van der Waals surface area contributed by atoms with Gasteiger partial charge in [-0.25, -0.2) is 0 Å². The first-order valence-corrected chi connectivity index (χ1v) is 14.9. The van der Waals surface area contributed by atoms with Crippen molar-refractivity contribution in [3.8, 4) is 0 Å². The number of aromatic amines is 1. The number of benzene rings is 1. The van der Waals surface area contributed by atoms with Crippen LogP contribution in [0.1, 0.15) is 103 Å². The normalized spacial score (nSPS) is 16.1. The van der Waals surface area contributed by atoms with Gasteiger partial charge in [0.05, 0.1) is 13.2 Å². The lowest BCUT2D eigenvalue weighted by atomic mass is 9.87. The number of carbonyl (C=O) groups is 1. The summed E-state index contributed by atoms with van der Waals surface area (Å²) in [5, 5.41) is 10.6. The Morgan fingerprint density at radius 2 is 1.82 bits per heavy atom. The molecule has 2 heterocycles. The number of amides is 1. The van der Waals surface area contributed by atoms with Crippen molar-refractivity contribution in [1.29, 1.82) is 0 Å². The first kappa shape index (κ1) is 30.9. The molecule has 39 heavy (non-hydrogen) atoms. The van der Waals surface area contributed by atoms with Crippen LogP contribution in [0.25, 0.3) is 16.5 Å². The van der Waals surface area contributed by atoms with Crippen LogP contribution < -0.4 is 0 Å². The Kier molecular flexibility index (Phi) is 11.2. The number of aliphatic hydroxyl groups excluding tert-OH is 1. The van der Waals surface area contributed by atoms with Crippen LogP contribution in [0.5, 0.6) is 0 Å². The molecular weight excluding hydrogens is 482 g/mol. The molecule has 214 valence electrons. The number of rotatable bonds is 11. The van der Waals surface area contributed by atoms with E-state index in [0.29, 0.717) is 31.5 Å². The van der Waals surface area contributed by atoms with E-state index < -0.39 is 0 Å². The fraction of sp³-hybridized carbons (Fsp3) is 0.559. The predicted molar refractivity (Wildman–Crippen MR) is 166 cm³/mol. The summed E-state index contributed by atoms with van der Waals surface area (Å²) in [5.74, 6) is 1.01. The van der Waals surface area contributed by atoms with Gasteiger partial charge >= 0.3 is 0 Å². The number of aromatic nitrogens is 1. The molecule has 5 nitrogen and oxygen atoms in total. The summed E-state index contributed by atoms with van der Waals surface area (Å²) in [6.45, 7) is 20.9. The summed E-state index contributed by atoms with van der Waals surface area (Å²) in [6, 6.07) is 7.00. The highest BCUT2D eigenvalue weighted by molar-refractivity contribution is 5.92. The molecular formula is C34H51N3O2. The molecule has 3 rings (SSSR count). The number of fused-ring (bicyclic) bond motifs is 1. The second-order valence-corrected chi connectivity index (χ2v) is 11.8. The minimum atomic E-state index is 0.0175. The van der Waals surface area contributed by atoms with Crippen LogP contribution in [0.2, 0.25) is 0 Å². The highest BCUT2D eigenvalue weighted by Gasteiger charge is 2.25. The van der Waals surface area contributed by atoms with Gasteiger partial charge in [-0.3, -0.25) is 9.69 Å². The number of nitrogens with one attached hydrogen (secondary N) is 1. The molecule has 1 amide bonds. The number of likely N-dealkylation sites (tertiary alicyclic amines) is 1. The topological polar surface area (TPSA) is 59.6 Å². The highest BCUT2D eigenvalue weighted by Crippen LogP contribution is 2.37. The first-order chi connectivity index (χ1) is 18.6. The van der Waals surface area contributed by atoms with Gasteiger partial charge < -0.3 is 15.0 Å². The maximum Gasteiger partial charge on any atom is 0.236 e. The predicted octanol–water partition coefficient (Wildman–Crippen LogP) is 7.41.